The summed E-state index contributed by atoms with van der Waals surface area (Å²) in [6.07, 6.45) is 3.65. The van der Waals surface area contributed by atoms with Gasteiger partial charge in [0, 0.05) is 11.6 Å². The van der Waals surface area contributed by atoms with Crippen LogP contribution in [0.1, 0.15) is 24.8 Å². The van der Waals surface area contributed by atoms with Crippen molar-refractivity contribution in [2.24, 2.45) is 5.73 Å². The zero-order valence-corrected chi connectivity index (χ0v) is 9.98. The van der Waals surface area contributed by atoms with Crippen LogP contribution in [0.4, 0.5) is 4.39 Å². The van der Waals surface area contributed by atoms with Crippen LogP contribution < -0.4 is 10.5 Å². The summed E-state index contributed by atoms with van der Waals surface area (Å²) in [6.45, 7) is 0. The largest absolute Gasteiger partial charge is 0.495 e. The highest BCUT2D eigenvalue weighted by atomic mass is 35.5. The summed E-state index contributed by atoms with van der Waals surface area (Å²) in [5.74, 6) is 0.0663. The van der Waals surface area contributed by atoms with Gasteiger partial charge in [-0.2, -0.15) is 0 Å². The Morgan fingerprint density at radius 2 is 2.19 bits per heavy atom. The van der Waals surface area contributed by atoms with E-state index in [2.05, 4.69) is 0 Å². The van der Waals surface area contributed by atoms with E-state index < -0.39 is 0 Å². The average Bonchev–Trinajstić information content (AvgIpc) is 2.98. The minimum absolute atomic E-state index is 0.0388. The third-order valence-electron chi connectivity index (χ3n) is 3.08. The summed E-state index contributed by atoms with van der Waals surface area (Å²) < 4.78 is 18.3. The molecule has 0 heterocycles. The molecule has 0 aromatic heterocycles. The lowest BCUT2D eigenvalue weighted by Crippen LogP contribution is -2.22. The molecule has 1 aromatic carbocycles. The van der Waals surface area contributed by atoms with Crippen LogP contribution in [-0.2, 0) is 6.42 Å². The molecule has 1 aliphatic rings. The molecule has 0 atom stereocenters. The number of rotatable bonds is 4. The van der Waals surface area contributed by atoms with Crippen molar-refractivity contribution in [1.29, 1.82) is 0 Å². The highest BCUT2D eigenvalue weighted by Gasteiger charge is 2.37. The Balaban J connectivity index is 2.15. The molecule has 0 saturated heterocycles. The number of aryl methyl sites for hydroxylation is 1. The number of nitrogens with two attached hydrogens (primary N) is 1. The Labute approximate surface area is 99.5 Å². The van der Waals surface area contributed by atoms with E-state index in [0.29, 0.717) is 17.2 Å². The van der Waals surface area contributed by atoms with Crippen LogP contribution in [0.5, 0.6) is 5.75 Å². The van der Waals surface area contributed by atoms with Gasteiger partial charge in [-0.3, -0.25) is 0 Å². The zero-order valence-electron chi connectivity index (χ0n) is 9.22. The molecule has 0 bridgehead atoms. The Morgan fingerprint density at radius 1 is 1.50 bits per heavy atom. The fraction of sp³-hybridized carbons (Fsp3) is 0.500. The summed E-state index contributed by atoms with van der Waals surface area (Å²) in [5.41, 5.74) is 6.72. The van der Waals surface area contributed by atoms with Crippen molar-refractivity contribution in [3.63, 3.8) is 0 Å². The molecule has 0 amide bonds. The van der Waals surface area contributed by atoms with Gasteiger partial charge in [0.05, 0.1) is 12.1 Å². The summed E-state index contributed by atoms with van der Waals surface area (Å²) in [5, 5.41) is 0.494. The number of hydrogen-bond acceptors (Lipinski definition) is 2. The predicted octanol–water partition coefficient (Wildman–Crippen LogP) is 2.91. The molecular formula is C12H15ClFNO. The molecule has 0 radical (unpaired) electrons. The van der Waals surface area contributed by atoms with E-state index >= 15 is 0 Å². The van der Waals surface area contributed by atoms with Crippen molar-refractivity contribution in [3.05, 3.63) is 28.5 Å². The normalized spacial score (nSPS) is 17.2. The van der Waals surface area contributed by atoms with E-state index in [0.717, 1.165) is 24.8 Å². The number of halogens is 2. The average molecular weight is 244 g/mol. The number of hydrogen-bond donors (Lipinski definition) is 1. The molecule has 1 aliphatic carbocycles. The lowest BCUT2D eigenvalue weighted by molar-refractivity contribution is 0.410. The second kappa shape index (κ2) is 4.22. The van der Waals surface area contributed by atoms with Gasteiger partial charge in [-0.05, 0) is 37.3 Å². The standard InChI is InChI=1S/C12H15ClFNO/c1-16-10-7-9(14)6-8(11(10)13)2-3-12(15)4-5-12/h6-7H,2-5,15H2,1H3. The highest BCUT2D eigenvalue weighted by molar-refractivity contribution is 6.32. The molecule has 1 saturated carbocycles. The van der Waals surface area contributed by atoms with Gasteiger partial charge in [-0.1, -0.05) is 11.6 Å². The van der Waals surface area contributed by atoms with Crippen LogP contribution >= 0.6 is 11.6 Å². The number of benzene rings is 1. The van der Waals surface area contributed by atoms with Crippen LogP contribution in [0.2, 0.25) is 5.02 Å². The van der Waals surface area contributed by atoms with E-state index in [-0.39, 0.29) is 11.4 Å². The number of methoxy groups -OCH3 is 1. The van der Waals surface area contributed by atoms with Crippen molar-refractivity contribution >= 4 is 11.6 Å². The molecule has 0 spiro atoms. The molecule has 2 N–H and O–H groups in total. The smallest absolute Gasteiger partial charge is 0.140 e. The molecule has 1 aromatic rings. The van der Waals surface area contributed by atoms with Gasteiger partial charge in [-0.25, -0.2) is 4.39 Å². The first kappa shape index (κ1) is 11.7. The molecular weight excluding hydrogens is 229 g/mol. The van der Waals surface area contributed by atoms with Crippen molar-refractivity contribution in [3.8, 4) is 5.75 Å². The van der Waals surface area contributed by atoms with E-state index in [1.54, 1.807) is 0 Å². The van der Waals surface area contributed by atoms with Gasteiger partial charge in [0.15, 0.2) is 0 Å². The van der Waals surface area contributed by atoms with E-state index in [1.165, 1.54) is 19.2 Å². The van der Waals surface area contributed by atoms with E-state index in [1.807, 2.05) is 0 Å². The second-order valence-electron chi connectivity index (χ2n) is 4.44. The SMILES string of the molecule is COc1cc(F)cc(CCC2(N)CC2)c1Cl. The van der Waals surface area contributed by atoms with Crippen LogP contribution in [0.15, 0.2) is 12.1 Å². The monoisotopic (exact) mass is 243 g/mol. The maximum Gasteiger partial charge on any atom is 0.140 e. The van der Waals surface area contributed by atoms with Gasteiger partial charge >= 0.3 is 0 Å². The molecule has 2 rings (SSSR count). The third kappa shape index (κ3) is 2.47. The van der Waals surface area contributed by atoms with Gasteiger partial charge in [0.1, 0.15) is 11.6 Å². The minimum atomic E-state index is -0.321. The minimum Gasteiger partial charge on any atom is -0.495 e. The second-order valence-corrected chi connectivity index (χ2v) is 4.82. The Bertz CT molecular complexity index is 404. The lowest BCUT2D eigenvalue weighted by Gasteiger charge is -2.12. The third-order valence-corrected chi connectivity index (χ3v) is 3.51. The Morgan fingerprint density at radius 3 is 2.75 bits per heavy atom. The van der Waals surface area contributed by atoms with Crippen molar-refractivity contribution in [2.75, 3.05) is 7.11 Å². The summed E-state index contributed by atoms with van der Waals surface area (Å²) in [7, 11) is 1.48. The van der Waals surface area contributed by atoms with Gasteiger partial charge in [-0.15, -0.1) is 0 Å². The zero-order chi connectivity index (χ0) is 11.8. The van der Waals surface area contributed by atoms with E-state index in [4.69, 9.17) is 22.1 Å². The molecule has 88 valence electrons. The molecule has 0 aliphatic heterocycles. The fourth-order valence-corrected chi connectivity index (χ4v) is 2.02. The lowest BCUT2D eigenvalue weighted by atomic mass is 10.0. The predicted molar refractivity (Wildman–Crippen MR) is 62.4 cm³/mol. The maximum absolute atomic E-state index is 13.3. The van der Waals surface area contributed by atoms with Gasteiger partial charge in [0.25, 0.3) is 0 Å². The number of ether oxygens (including phenoxy) is 1. The van der Waals surface area contributed by atoms with Crippen molar-refractivity contribution < 1.29 is 9.13 Å². The van der Waals surface area contributed by atoms with Crippen molar-refractivity contribution in [1.82, 2.24) is 0 Å². The Kier molecular flexibility index (Phi) is 3.08. The molecule has 2 nitrogen and oxygen atoms in total. The highest BCUT2D eigenvalue weighted by Crippen LogP contribution is 2.38. The molecule has 1 fully saturated rings. The molecule has 4 heteroatoms. The first-order chi connectivity index (χ1) is 7.54. The molecule has 16 heavy (non-hydrogen) atoms. The summed E-state index contributed by atoms with van der Waals surface area (Å²) >= 11 is 6.10. The summed E-state index contributed by atoms with van der Waals surface area (Å²) in [4.78, 5) is 0. The quantitative estimate of drug-likeness (QED) is 0.883. The van der Waals surface area contributed by atoms with Gasteiger partial charge in [0.2, 0.25) is 0 Å². The van der Waals surface area contributed by atoms with Crippen LogP contribution in [-0.4, -0.2) is 12.6 Å². The fourth-order valence-electron chi connectivity index (χ4n) is 1.74. The van der Waals surface area contributed by atoms with Crippen LogP contribution in [0.3, 0.4) is 0 Å². The van der Waals surface area contributed by atoms with E-state index in [9.17, 15) is 4.39 Å². The van der Waals surface area contributed by atoms with Gasteiger partial charge < -0.3 is 10.5 Å². The van der Waals surface area contributed by atoms with Crippen molar-refractivity contribution in [2.45, 2.75) is 31.2 Å². The first-order valence-corrected chi connectivity index (χ1v) is 5.73. The first-order valence-electron chi connectivity index (χ1n) is 5.35. The topological polar surface area (TPSA) is 35.2 Å². The van der Waals surface area contributed by atoms with Crippen LogP contribution in [0.25, 0.3) is 0 Å². The molecule has 0 unspecified atom stereocenters. The van der Waals surface area contributed by atoms with Crippen LogP contribution in [0, 0.1) is 5.82 Å². The maximum atomic E-state index is 13.3. The summed E-state index contributed by atoms with van der Waals surface area (Å²) in [6, 6.07) is 2.75. The Hall–Kier alpha value is -0.800.